The van der Waals surface area contributed by atoms with Crippen LogP contribution in [0.2, 0.25) is 0 Å². The number of carboxylic acids is 1. The van der Waals surface area contributed by atoms with Crippen molar-refractivity contribution in [1.82, 2.24) is 0 Å². The first kappa shape index (κ1) is 10.3. The lowest BCUT2D eigenvalue weighted by atomic mass is 9.99. The standard InChI is InChI=1S/C5H10O6/c6-1-5(11,2-7)3(8)4(9)10/h3,6-8,11H,1-2H2,(H,9,10)/p-1. The van der Waals surface area contributed by atoms with E-state index in [9.17, 15) is 9.90 Å². The summed E-state index contributed by atoms with van der Waals surface area (Å²) in [5.41, 5.74) is -2.43. The van der Waals surface area contributed by atoms with Crippen molar-refractivity contribution < 1.29 is 30.3 Å². The SMILES string of the molecule is O=C([O-])C(O)C(O)(CO)CO. The Morgan fingerprint density at radius 3 is 1.91 bits per heavy atom. The number of hydrogen-bond acceptors (Lipinski definition) is 6. The molecule has 0 spiro atoms. The zero-order valence-corrected chi connectivity index (χ0v) is 5.60. The lowest BCUT2D eigenvalue weighted by Crippen LogP contribution is -2.56. The highest BCUT2D eigenvalue weighted by Crippen LogP contribution is 2.07. The van der Waals surface area contributed by atoms with Crippen LogP contribution in [-0.4, -0.2) is 51.3 Å². The van der Waals surface area contributed by atoms with Crippen molar-refractivity contribution in [3.8, 4) is 0 Å². The Morgan fingerprint density at radius 2 is 1.82 bits per heavy atom. The molecule has 0 aromatic heterocycles. The normalized spacial score (nSPS) is 14.5. The predicted molar refractivity (Wildman–Crippen MR) is 30.1 cm³/mol. The third-order valence-corrected chi connectivity index (χ3v) is 1.28. The number of carboxylic acid groups (broad SMARTS) is 1. The van der Waals surface area contributed by atoms with E-state index in [0.29, 0.717) is 0 Å². The van der Waals surface area contributed by atoms with E-state index in [0.717, 1.165) is 0 Å². The van der Waals surface area contributed by atoms with Crippen LogP contribution in [0.3, 0.4) is 0 Å². The number of rotatable bonds is 4. The Morgan fingerprint density at radius 1 is 1.45 bits per heavy atom. The molecule has 0 fully saturated rings. The Hall–Kier alpha value is -0.690. The van der Waals surface area contributed by atoms with E-state index in [1.165, 1.54) is 0 Å². The minimum Gasteiger partial charge on any atom is -0.547 e. The molecule has 0 aliphatic rings. The van der Waals surface area contributed by atoms with Gasteiger partial charge in [-0.25, -0.2) is 0 Å². The van der Waals surface area contributed by atoms with Gasteiger partial charge in [-0.3, -0.25) is 0 Å². The molecule has 11 heavy (non-hydrogen) atoms. The predicted octanol–water partition coefficient (Wildman–Crippen LogP) is -4.19. The molecule has 0 saturated heterocycles. The van der Waals surface area contributed by atoms with Crippen LogP contribution < -0.4 is 5.11 Å². The average molecular weight is 165 g/mol. The monoisotopic (exact) mass is 165 g/mol. The van der Waals surface area contributed by atoms with Crippen molar-refractivity contribution >= 4 is 5.97 Å². The van der Waals surface area contributed by atoms with Gasteiger partial charge in [0.2, 0.25) is 0 Å². The molecule has 4 N–H and O–H groups in total. The largest absolute Gasteiger partial charge is 0.547 e. The Bertz CT molecular complexity index is 140. The van der Waals surface area contributed by atoms with Crippen molar-refractivity contribution in [3.63, 3.8) is 0 Å². The van der Waals surface area contributed by atoms with Gasteiger partial charge in [0.15, 0.2) is 0 Å². The van der Waals surface area contributed by atoms with Crippen LogP contribution in [0, 0.1) is 0 Å². The van der Waals surface area contributed by atoms with Gasteiger partial charge in [0, 0.05) is 0 Å². The number of carbonyl (C=O) groups excluding carboxylic acids is 1. The number of carbonyl (C=O) groups is 1. The molecular weight excluding hydrogens is 156 g/mol. The smallest absolute Gasteiger partial charge is 0.142 e. The van der Waals surface area contributed by atoms with Crippen LogP contribution in [0.25, 0.3) is 0 Å². The van der Waals surface area contributed by atoms with Crippen LogP contribution in [0.1, 0.15) is 0 Å². The summed E-state index contributed by atoms with van der Waals surface area (Å²) < 4.78 is 0. The van der Waals surface area contributed by atoms with Gasteiger partial charge >= 0.3 is 0 Å². The molecule has 0 aliphatic heterocycles. The summed E-state index contributed by atoms with van der Waals surface area (Å²) >= 11 is 0. The van der Waals surface area contributed by atoms with E-state index < -0.39 is 30.9 Å². The Kier molecular flexibility index (Phi) is 3.40. The fourth-order valence-corrected chi connectivity index (χ4v) is 0.442. The maximum atomic E-state index is 9.92. The van der Waals surface area contributed by atoms with Gasteiger partial charge < -0.3 is 30.3 Å². The van der Waals surface area contributed by atoms with Gasteiger partial charge in [0.1, 0.15) is 11.7 Å². The van der Waals surface area contributed by atoms with E-state index in [1.807, 2.05) is 0 Å². The van der Waals surface area contributed by atoms with E-state index in [1.54, 1.807) is 0 Å². The molecule has 0 aromatic carbocycles. The molecule has 0 radical (unpaired) electrons. The molecular formula is C5H9O6-. The topological polar surface area (TPSA) is 121 Å². The maximum absolute atomic E-state index is 9.92. The lowest BCUT2D eigenvalue weighted by molar-refractivity contribution is -0.324. The molecule has 6 heteroatoms. The summed E-state index contributed by atoms with van der Waals surface area (Å²) in [6.45, 7) is -2.11. The molecule has 66 valence electrons. The minimum atomic E-state index is -2.43. The van der Waals surface area contributed by atoms with Crippen molar-refractivity contribution in [2.24, 2.45) is 0 Å². The highest BCUT2D eigenvalue weighted by Gasteiger charge is 2.35. The van der Waals surface area contributed by atoms with Gasteiger partial charge in [0.05, 0.1) is 19.2 Å². The second kappa shape index (κ2) is 3.63. The summed E-state index contributed by atoms with van der Waals surface area (Å²) in [6, 6.07) is 0. The highest BCUT2D eigenvalue weighted by molar-refractivity contribution is 5.71. The van der Waals surface area contributed by atoms with Gasteiger partial charge in [-0.1, -0.05) is 0 Å². The van der Waals surface area contributed by atoms with E-state index >= 15 is 0 Å². The molecule has 0 aliphatic carbocycles. The number of aliphatic hydroxyl groups is 4. The highest BCUT2D eigenvalue weighted by atomic mass is 16.4. The maximum Gasteiger partial charge on any atom is 0.142 e. The van der Waals surface area contributed by atoms with Gasteiger partial charge in [-0.15, -0.1) is 0 Å². The minimum absolute atomic E-state index is 1.06. The van der Waals surface area contributed by atoms with Crippen LogP contribution in [0.4, 0.5) is 0 Å². The molecule has 0 saturated carbocycles. The van der Waals surface area contributed by atoms with Crippen LogP contribution >= 0.6 is 0 Å². The van der Waals surface area contributed by atoms with Gasteiger partial charge in [0.25, 0.3) is 0 Å². The number of hydrogen-bond donors (Lipinski definition) is 4. The summed E-state index contributed by atoms with van der Waals surface area (Å²) in [5.74, 6) is -1.95. The second-order valence-corrected chi connectivity index (χ2v) is 2.14. The first-order valence-electron chi connectivity index (χ1n) is 2.81. The fraction of sp³-hybridized carbons (Fsp3) is 0.800. The summed E-state index contributed by atoms with van der Waals surface area (Å²) in [4.78, 5) is 9.92. The molecule has 1 atom stereocenters. The van der Waals surface area contributed by atoms with Crippen LogP contribution in [0.15, 0.2) is 0 Å². The average Bonchev–Trinajstić information content (AvgIpc) is 2.01. The summed E-state index contributed by atoms with van der Waals surface area (Å²) in [6.07, 6.45) is -2.29. The Balaban J connectivity index is 4.36. The molecule has 1 unspecified atom stereocenters. The first-order chi connectivity index (χ1) is 4.98. The van der Waals surface area contributed by atoms with Gasteiger partial charge in [-0.05, 0) is 0 Å². The van der Waals surface area contributed by atoms with Crippen LogP contribution in [-0.2, 0) is 4.79 Å². The summed E-state index contributed by atoms with van der Waals surface area (Å²) in [7, 11) is 0. The third kappa shape index (κ3) is 2.12. The first-order valence-corrected chi connectivity index (χ1v) is 2.81. The fourth-order valence-electron chi connectivity index (χ4n) is 0.442. The molecule has 6 nitrogen and oxygen atoms in total. The van der Waals surface area contributed by atoms with E-state index in [4.69, 9.17) is 20.4 Å². The number of aliphatic carboxylic acids is 1. The van der Waals surface area contributed by atoms with Crippen molar-refractivity contribution in [2.45, 2.75) is 11.7 Å². The molecule has 0 aromatic rings. The number of aliphatic hydroxyl groups excluding tert-OH is 3. The zero-order chi connectivity index (χ0) is 9.07. The molecule has 0 heterocycles. The molecule has 0 bridgehead atoms. The lowest BCUT2D eigenvalue weighted by Gasteiger charge is -2.29. The van der Waals surface area contributed by atoms with E-state index in [2.05, 4.69) is 0 Å². The third-order valence-electron chi connectivity index (χ3n) is 1.28. The Labute approximate surface area is 62.3 Å². The summed E-state index contributed by atoms with van der Waals surface area (Å²) in [5, 5.41) is 44.1. The van der Waals surface area contributed by atoms with Crippen molar-refractivity contribution in [2.75, 3.05) is 13.2 Å². The molecule has 0 rings (SSSR count). The quantitative estimate of drug-likeness (QED) is 0.335. The van der Waals surface area contributed by atoms with Crippen molar-refractivity contribution in [3.05, 3.63) is 0 Å². The second-order valence-electron chi connectivity index (χ2n) is 2.14. The molecule has 0 amide bonds. The van der Waals surface area contributed by atoms with Crippen molar-refractivity contribution in [1.29, 1.82) is 0 Å². The zero-order valence-electron chi connectivity index (χ0n) is 5.60. The van der Waals surface area contributed by atoms with E-state index in [-0.39, 0.29) is 0 Å². The van der Waals surface area contributed by atoms with Crippen LogP contribution in [0.5, 0.6) is 0 Å². The van der Waals surface area contributed by atoms with Gasteiger partial charge in [-0.2, -0.15) is 0 Å².